The number of halogens is 2. The Morgan fingerprint density at radius 3 is 2.50 bits per heavy atom. The Balaban J connectivity index is 2.15. The quantitative estimate of drug-likeness (QED) is 0.744. The minimum absolute atomic E-state index is 0.108. The van der Waals surface area contributed by atoms with E-state index in [9.17, 15) is 13.6 Å². The highest BCUT2D eigenvalue weighted by molar-refractivity contribution is 8.00. The monoisotopic (exact) mass is 243 g/mol. The van der Waals surface area contributed by atoms with Crippen molar-refractivity contribution >= 4 is 17.7 Å². The highest BCUT2D eigenvalue weighted by Crippen LogP contribution is 2.42. The molecule has 0 radical (unpaired) electrons. The SMILES string of the molecule is CN1C(=O)CC(Sc2ccccc2)C1(F)F. The fourth-order valence-corrected chi connectivity index (χ4v) is 2.75. The summed E-state index contributed by atoms with van der Waals surface area (Å²) in [5, 5.41) is -0.993. The molecule has 0 saturated carbocycles. The molecule has 0 spiro atoms. The maximum Gasteiger partial charge on any atom is 0.340 e. The Morgan fingerprint density at radius 1 is 1.38 bits per heavy atom. The topological polar surface area (TPSA) is 20.3 Å². The Bertz CT molecular complexity index is 396. The van der Waals surface area contributed by atoms with Crippen LogP contribution in [0.1, 0.15) is 6.42 Å². The van der Waals surface area contributed by atoms with Gasteiger partial charge in [-0.25, -0.2) is 0 Å². The van der Waals surface area contributed by atoms with Gasteiger partial charge < -0.3 is 0 Å². The molecule has 1 aromatic rings. The fourth-order valence-electron chi connectivity index (χ4n) is 1.58. The number of alkyl halides is 2. The highest BCUT2D eigenvalue weighted by Gasteiger charge is 2.53. The van der Waals surface area contributed by atoms with Crippen molar-refractivity contribution in [1.82, 2.24) is 4.90 Å². The van der Waals surface area contributed by atoms with Crippen LogP contribution >= 0.6 is 11.8 Å². The van der Waals surface area contributed by atoms with Crippen molar-refractivity contribution in [3.8, 4) is 0 Å². The average Bonchev–Trinajstić information content (AvgIpc) is 2.45. The van der Waals surface area contributed by atoms with Gasteiger partial charge in [-0.2, -0.15) is 8.78 Å². The van der Waals surface area contributed by atoms with E-state index in [1.165, 1.54) is 0 Å². The molecule has 16 heavy (non-hydrogen) atoms. The molecule has 0 aromatic heterocycles. The van der Waals surface area contributed by atoms with Gasteiger partial charge in [0.25, 0.3) is 0 Å². The highest BCUT2D eigenvalue weighted by atomic mass is 32.2. The first kappa shape index (κ1) is 11.4. The van der Waals surface area contributed by atoms with E-state index in [1.807, 2.05) is 6.07 Å². The van der Waals surface area contributed by atoms with Crippen molar-refractivity contribution in [1.29, 1.82) is 0 Å². The zero-order chi connectivity index (χ0) is 11.8. The van der Waals surface area contributed by atoms with Crippen LogP contribution in [0.3, 0.4) is 0 Å². The van der Waals surface area contributed by atoms with Gasteiger partial charge in [0, 0.05) is 18.4 Å². The van der Waals surface area contributed by atoms with E-state index in [1.54, 1.807) is 24.3 Å². The van der Waals surface area contributed by atoms with Gasteiger partial charge >= 0.3 is 6.05 Å². The predicted molar refractivity (Wildman–Crippen MR) is 58.4 cm³/mol. The van der Waals surface area contributed by atoms with Gasteiger partial charge in [0.1, 0.15) is 5.25 Å². The average molecular weight is 243 g/mol. The van der Waals surface area contributed by atoms with Crippen LogP contribution < -0.4 is 0 Å². The molecule has 1 amide bonds. The van der Waals surface area contributed by atoms with Gasteiger partial charge in [0.15, 0.2) is 0 Å². The summed E-state index contributed by atoms with van der Waals surface area (Å²) < 4.78 is 27.2. The summed E-state index contributed by atoms with van der Waals surface area (Å²) in [4.78, 5) is 12.5. The number of likely N-dealkylation sites (tertiary alicyclic amines) is 1. The number of hydrogen-bond donors (Lipinski definition) is 0. The van der Waals surface area contributed by atoms with Crippen molar-refractivity contribution in [2.75, 3.05) is 7.05 Å². The van der Waals surface area contributed by atoms with Gasteiger partial charge in [-0.05, 0) is 12.1 Å². The van der Waals surface area contributed by atoms with E-state index in [0.29, 0.717) is 4.90 Å². The molecule has 2 nitrogen and oxygen atoms in total. The predicted octanol–water partition coefficient (Wildman–Crippen LogP) is 2.60. The molecule has 1 atom stereocenters. The zero-order valence-electron chi connectivity index (χ0n) is 8.69. The van der Waals surface area contributed by atoms with Gasteiger partial charge in [0.05, 0.1) is 0 Å². The summed E-state index contributed by atoms with van der Waals surface area (Å²) in [7, 11) is 1.15. The third-order valence-corrected chi connectivity index (χ3v) is 3.87. The van der Waals surface area contributed by atoms with Crippen LogP contribution in [0.5, 0.6) is 0 Å². The molecule has 1 unspecified atom stereocenters. The van der Waals surface area contributed by atoms with Gasteiger partial charge in [-0.3, -0.25) is 9.69 Å². The largest absolute Gasteiger partial charge is 0.340 e. The van der Waals surface area contributed by atoms with Crippen molar-refractivity contribution in [3.05, 3.63) is 30.3 Å². The minimum atomic E-state index is -3.06. The first-order valence-corrected chi connectivity index (χ1v) is 5.76. The second kappa shape index (κ2) is 4.05. The van der Waals surface area contributed by atoms with E-state index in [0.717, 1.165) is 23.7 Å². The van der Waals surface area contributed by atoms with Crippen molar-refractivity contribution in [3.63, 3.8) is 0 Å². The first-order valence-electron chi connectivity index (χ1n) is 4.88. The molecule has 1 heterocycles. The number of rotatable bonds is 2. The Kier molecular flexibility index (Phi) is 2.88. The standard InChI is InChI=1S/C11H11F2NOS/c1-14-10(15)7-9(11(14,12)13)16-8-5-3-2-4-6-8/h2-6,9H,7H2,1H3. The summed E-state index contributed by atoms with van der Waals surface area (Å²) in [6.45, 7) is 0. The number of hydrogen-bond acceptors (Lipinski definition) is 2. The molecule has 0 N–H and O–H groups in total. The lowest BCUT2D eigenvalue weighted by Gasteiger charge is -2.23. The van der Waals surface area contributed by atoms with E-state index in [2.05, 4.69) is 0 Å². The van der Waals surface area contributed by atoms with E-state index >= 15 is 0 Å². The smallest absolute Gasteiger partial charge is 0.286 e. The second-order valence-electron chi connectivity index (χ2n) is 3.66. The van der Waals surface area contributed by atoms with Crippen LogP contribution in [0.2, 0.25) is 0 Å². The number of benzene rings is 1. The van der Waals surface area contributed by atoms with Crippen molar-refractivity contribution < 1.29 is 13.6 Å². The van der Waals surface area contributed by atoms with Gasteiger partial charge in [-0.1, -0.05) is 18.2 Å². The molecule has 1 aliphatic rings. The molecule has 5 heteroatoms. The van der Waals surface area contributed by atoms with Crippen molar-refractivity contribution in [2.45, 2.75) is 22.6 Å². The third kappa shape index (κ3) is 1.91. The van der Waals surface area contributed by atoms with E-state index in [4.69, 9.17) is 0 Å². The normalized spacial score (nSPS) is 23.8. The lowest BCUT2D eigenvalue weighted by molar-refractivity contribution is -0.149. The van der Waals surface area contributed by atoms with E-state index in [-0.39, 0.29) is 6.42 Å². The van der Waals surface area contributed by atoms with Crippen LogP contribution in [0.4, 0.5) is 8.78 Å². The Hall–Kier alpha value is -1.10. The first-order chi connectivity index (χ1) is 7.51. The number of carbonyl (C=O) groups is 1. The molecule has 1 aromatic carbocycles. The maximum absolute atomic E-state index is 13.6. The fraction of sp³-hybridized carbons (Fsp3) is 0.364. The number of amides is 1. The summed E-state index contributed by atoms with van der Waals surface area (Å²) in [6, 6.07) is 5.89. The second-order valence-corrected chi connectivity index (χ2v) is 4.94. The van der Waals surface area contributed by atoms with Crippen LogP contribution in [-0.4, -0.2) is 29.2 Å². The van der Waals surface area contributed by atoms with Crippen LogP contribution in [-0.2, 0) is 4.79 Å². The Labute approximate surface area is 96.6 Å². The molecule has 1 aliphatic heterocycles. The lowest BCUT2D eigenvalue weighted by Crippen LogP contribution is -2.39. The molecule has 0 aliphatic carbocycles. The van der Waals surface area contributed by atoms with E-state index < -0.39 is 17.2 Å². The molecule has 1 fully saturated rings. The molecular weight excluding hydrogens is 232 g/mol. The van der Waals surface area contributed by atoms with Crippen LogP contribution in [0.25, 0.3) is 0 Å². The van der Waals surface area contributed by atoms with Gasteiger partial charge in [-0.15, -0.1) is 11.8 Å². The maximum atomic E-state index is 13.6. The van der Waals surface area contributed by atoms with Gasteiger partial charge in [0.2, 0.25) is 5.91 Å². The number of thioether (sulfide) groups is 1. The van der Waals surface area contributed by atoms with Crippen LogP contribution in [0.15, 0.2) is 35.2 Å². The zero-order valence-corrected chi connectivity index (χ0v) is 9.51. The minimum Gasteiger partial charge on any atom is -0.286 e. The summed E-state index contributed by atoms with van der Waals surface area (Å²) >= 11 is 1.05. The summed E-state index contributed by atoms with van der Waals surface area (Å²) in [5.41, 5.74) is 0. The summed E-state index contributed by atoms with van der Waals surface area (Å²) in [5.74, 6) is -0.501. The lowest BCUT2D eigenvalue weighted by atomic mass is 10.3. The van der Waals surface area contributed by atoms with Crippen LogP contribution in [0, 0.1) is 0 Å². The Morgan fingerprint density at radius 2 is 2.00 bits per heavy atom. The summed E-state index contributed by atoms with van der Waals surface area (Å²) in [6.07, 6.45) is -0.108. The molecule has 0 bridgehead atoms. The number of carbonyl (C=O) groups excluding carboxylic acids is 1. The van der Waals surface area contributed by atoms with Crippen molar-refractivity contribution in [2.24, 2.45) is 0 Å². The number of nitrogens with zero attached hydrogens (tertiary/aromatic N) is 1. The molecule has 86 valence electrons. The molecule has 2 rings (SSSR count). The third-order valence-electron chi connectivity index (χ3n) is 2.59. The molecule has 1 saturated heterocycles. The molecular formula is C11H11F2NOS.